The van der Waals surface area contributed by atoms with Crippen molar-refractivity contribution < 1.29 is 5.11 Å². The normalized spacial score (nSPS) is 32.1. The van der Waals surface area contributed by atoms with Crippen LogP contribution in [0.4, 0.5) is 0 Å². The molecule has 2 atom stereocenters. The maximum Gasteiger partial charge on any atom is 0.0824 e. The molecular weight excluding hydrogens is 148 g/mol. The summed E-state index contributed by atoms with van der Waals surface area (Å²) in [4.78, 5) is 0. The van der Waals surface area contributed by atoms with Crippen molar-refractivity contribution in [2.75, 3.05) is 5.88 Å². The standard InChI is InChI=1S/C8H11ClO/c1-6-3-2-4-7(5-9)8(6)10/h2-4,6,8,10H,5H2,1H3/t6-,8?/m1/s1. The minimum atomic E-state index is -0.373. The van der Waals surface area contributed by atoms with Crippen LogP contribution in [0.25, 0.3) is 0 Å². The van der Waals surface area contributed by atoms with Gasteiger partial charge in [-0.05, 0) is 5.57 Å². The number of aliphatic hydroxyl groups excluding tert-OH is 1. The molecule has 1 N–H and O–H groups in total. The summed E-state index contributed by atoms with van der Waals surface area (Å²) in [6, 6.07) is 0. The summed E-state index contributed by atoms with van der Waals surface area (Å²) in [6.07, 6.45) is 5.41. The molecule has 0 saturated heterocycles. The van der Waals surface area contributed by atoms with Crippen molar-refractivity contribution in [1.29, 1.82) is 0 Å². The van der Waals surface area contributed by atoms with Crippen molar-refractivity contribution in [2.45, 2.75) is 13.0 Å². The predicted octanol–water partition coefficient (Wildman–Crippen LogP) is 1.72. The zero-order valence-corrected chi connectivity index (χ0v) is 6.67. The van der Waals surface area contributed by atoms with Crippen molar-refractivity contribution in [1.82, 2.24) is 0 Å². The summed E-state index contributed by atoms with van der Waals surface area (Å²) in [5.74, 6) is 0.634. The van der Waals surface area contributed by atoms with Crippen LogP contribution < -0.4 is 0 Å². The number of allylic oxidation sites excluding steroid dienone is 2. The molecule has 0 aromatic rings. The Morgan fingerprint density at radius 1 is 1.70 bits per heavy atom. The molecule has 10 heavy (non-hydrogen) atoms. The Balaban J connectivity index is 2.71. The fraction of sp³-hybridized carbons (Fsp3) is 0.500. The summed E-state index contributed by atoms with van der Waals surface area (Å²) in [7, 11) is 0. The molecule has 0 amide bonds. The van der Waals surface area contributed by atoms with Crippen LogP contribution in [0.15, 0.2) is 23.8 Å². The van der Waals surface area contributed by atoms with Gasteiger partial charge in [0, 0.05) is 11.8 Å². The maximum atomic E-state index is 9.43. The van der Waals surface area contributed by atoms with Crippen molar-refractivity contribution >= 4 is 11.6 Å². The molecule has 56 valence electrons. The maximum absolute atomic E-state index is 9.43. The third-order valence-corrected chi connectivity index (χ3v) is 2.07. The molecule has 0 heterocycles. The molecule has 0 aromatic heterocycles. The third kappa shape index (κ3) is 1.41. The summed E-state index contributed by atoms with van der Waals surface area (Å²) in [5.41, 5.74) is 0.914. The first-order valence-corrected chi connectivity index (χ1v) is 3.90. The average molecular weight is 159 g/mol. The first-order chi connectivity index (χ1) is 4.75. The molecule has 1 nitrogen and oxygen atoms in total. The molecule has 1 aliphatic rings. The van der Waals surface area contributed by atoms with Gasteiger partial charge in [-0.3, -0.25) is 0 Å². The van der Waals surface area contributed by atoms with Crippen molar-refractivity contribution in [3.05, 3.63) is 23.8 Å². The summed E-state index contributed by atoms with van der Waals surface area (Å²) in [5, 5.41) is 9.43. The van der Waals surface area contributed by atoms with Gasteiger partial charge in [0.2, 0.25) is 0 Å². The molecule has 1 aliphatic carbocycles. The van der Waals surface area contributed by atoms with Gasteiger partial charge in [0.25, 0.3) is 0 Å². The molecule has 0 aromatic carbocycles. The molecule has 0 bridgehead atoms. The van der Waals surface area contributed by atoms with Gasteiger partial charge >= 0.3 is 0 Å². The molecule has 0 fully saturated rings. The van der Waals surface area contributed by atoms with Crippen LogP contribution in [0.2, 0.25) is 0 Å². The fourth-order valence-electron chi connectivity index (χ4n) is 1.02. The Bertz CT molecular complexity index is 172. The van der Waals surface area contributed by atoms with E-state index in [1.54, 1.807) is 0 Å². The molecule has 2 heteroatoms. The van der Waals surface area contributed by atoms with E-state index < -0.39 is 0 Å². The van der Waals surface area contributed by atoms with E-state index in [1.165, 1.54) is 0 Å². The molecule has 0 radical (unpaired) electrons. The van der Waals surface area contributed by atoms with Gasteiger partial charge in [0.05, 0.1) is 6.10 Å². The number of alkyl halides is 1. The van der Waals surface area contributed by atoms with E-state index in [2.05, 4.69) is 0 Å². The van der Waals surface area contributed by atoms with Crippen LogP contribution in [-0.4, -0.2) is 17.1 Å². The smallest absolute Gasteiger partial charge is 0.0824 e. The highest BCUT2D eigenvalue weighted by atomic mass is 35.5. The lowest BCUT2D eigenvalue weighted by molar-refractivity contribution is 0.172. The number of rotatable bonds is 1. The second-order valence-electron chi connectivity index (χ2n) is 2.56. The van der Waals surface area contributed by atoms with Crippen LogP contribution in [-0.2, 0) is 0 Å². The largest absolute Gasteiger partial charge is 0.388 e. The van der Waals surface area contributed by atoms with E-state index in [1.807, 2.05) is 25.2 Å². The van der Waals surface area contributed by atoms with Crippen LogP contribution >= 0.6 is 11.6 Å². The lowest BCUT2D eigenvalue weighted by Crippen LogP contribution is -2.21. The third-order valence-electron chi connectivity index (χ3n) is 1.76. The van der Waals surface area contributed by atoms with Crippen molar-refractivity contribution in [3.8, 4) is 0 Å². The van der Waals surface area contributed by atoms with E-state index >= 15 is 0 Å². The van der Waals surface area contributed by atoms with Gasteiger partial charge in [-0.15, -0.1) is 11.6 Å². The molecule has 1 rings (SSSR count). The van der Waals surface area contributed by atoms with E-state index in [-0.39, 0.29) is 12.0 Å². The topological polar surface area (TPSA) is 20.2 Å². The Kier molecular flexibility index (Phi) is 2.52. The Labute approximate surface area is 66.0 Å². The molecule has 0 saturated carbocycles. The summed E-state index contributed by atoms with van der Waals surface area (Å²) < 4.78 is 0. The van der Waals surface area contributed by atoms with Gasteiger partial charge in [-0.25, -0.2) is 0 Å². The van der Waals surface area contributed by atoms with Gasteiger partial charge < -0.3 is 5.11 Å². The van der Waals surface area contributed by atoms with Crippen molar-refractivity contribution in [2.24, 2.45) is 5.92 Å². The Morgan fingerprint density at radius 2 is 2.40 bits per heavy atom. The van der Waals surface area contributed by atoms with Gasteiger partial charge in [-0.2, -0.15) is 0 Å². The highest BCUT2D eigenvalue weighted by Gasteiger charge is 2.17. The lowest BCUT2D eigenvalue weighted by Gasteiger charge is -2.20. The minimum Gasteiger partial charge on any atom is -0.388 e. The van der Waals surface area contributed by atoms with Gasteiger partial charge in [0.15, 0.2) is 0 Å². The number of halogens is 1. The predicted molar refractivity (Wildman–Crippen MR) is 43.1 cm³/mol. The fourth-order valence-corrected chi connectivity index (χ4v) is 1.27. The number of hydrogen-bond donors (Lipinski definition) is 1. The molecule has 0 aliphatic heterocycles. The average Bonchev–Trinajstić information content (AvgIpc) is 1.95. The highest BCUT2D eigenvalue weighted by Crippen LogP contribution is 2.19. The van der Waals surface area contributed by atoms with Gasteiger partial charge in [-0.1, -0.05) is 25.2 Å². The monoisotopic (exact) mass is 158 g/mol. The molecular formula is C8H11ClO. The van der Waals surface area contributed by atoms with E-state index in [9.17, 15) is 5.11 Å². The Morgan fingerprint density at radius 3 is 2.90 bits per heavy atom. The minimum absolute atomic E-state index is 0.207. The molecule has 1 unspecified atom stereocenters. The SMILES string of the molecule is C[C@@H]1C=CC=C(CCl)C1O. The van der Waals surface area contributed by atoms with Gasteiger partial charge in [0.1, 0.15) is 0 Å². The van der Waals surface area contributed by atoms with E-state index in [0.717, 1.165) is 5.57 Å². The molecule has 0 spiro atoms. The van der Waals surface area contributed by atoms with Crippen LogP contribution in [0.1, 0.15) is 6.92 Å². The van der Waals surface area contributed by atoms with Crippen molar-refractivity contribution in [3.63, 3.8) is 0 Å². The first kappa shape index (κ1) is 7.83. The quantitative estimate of drug-likeness (QED) is 0.577. The van der Waals surface area contributed by atoms with Crippen LogP contribution in [0, 0.1) is 5.92 Å². The number of hydrogen-bond acceptors (Lipinski definition) is 1. The summed E-state index contributed by atoms with van der Waals surface area (Å²) in [6.45, 7) is 1.97. The lowest BCUT2D eigenvalue weighted by atomic mass is 9.94. The number of aliphatic hydroxyl groups is 1. The summed E-state index contributed by atoms with van der Waals surface area (Å²) >= 11 is 5.58. The second kappa shape index (κ2) is 3.22. The van der Waals surface area contributed by atoms with Crippen LogP contribution in [0.5, 0.6) is 0 Å². The second-order valence-corrected chi connectivity index (χ2v) is 2.83. The Hall–Kier alpha value is -0.270. The van der Waals surface area contributed by atoms with E-state index in [0.29, 0.717) is 5.88 Å². The zero-order valence-electron chi connectivity index (χ0n) is 5.92. The first-order valence-electron chi connectivity index (χ1n) is 3.37. The van der Waals surface area contributed by atoms with Crippen LogP contribution in [0.3, 0.4) is 0 Å². The highest BCUT2D eigenvalue weighted by molar-refractivity contribution is 6.19. The zero-order chi connectivity index (χ0) is 7.56. The van der Waals surface area contributed by atoms with E-state index in [4.69, 9.17) is 11.6 Å².